The molecule has 1 atom stereocenters. The molecule has 3 aromatic carbocycles. The van der Waals surface area contributed by atoms with Crippen LogP contribution < -0.4 is 25.8 Å². The quantitative estimate of drug-likeness (QED) is 0.123. The number of carbonyl (C=O) groups excluding carboxylic acids is 6. The first-order chi connectivity index (χ1) is 35.5. The second-order valence-corrected chi connectivity index (χ2v) is 20.6. The van der Waals surface area contributed by atoms with Gasteiger partial charge in [0.1, 0.15) is 18.2 Å². The molecule has 0 bridgehead atoms. The van der Waals surface area contributed by atoms with E-state index in [9.17, 15) is 28.8 Å². The third-order valence-electron chi connectivity index (χ3n) is 16.0. The Morgan fingerprint density at radius 1 is 0.767 bits per heavy atom. The summed E-state index contributed by atoms with van der Waals surface area (Å²) in [6, 6.07) is 20.0. The maximum Gasteiger partial charge on any atom is 0.262 e. The van der Waals surface area contributed by atoms with E-state index in [1.165, 1.54) is 11.8 Å². The molecule has 6 amide bonds. The van der Waals surface area contributed by atoms with Crippen LogP contribution in [0, 0.1) is 17.7 Å². The van der Waals surface area contributed by atoms with Crippen LogP contribution in [0.5, 0.6) is 0 Å². The van der Waals surface area contributed by atoms with Gasteiger partial charge in [0.2, 0.25) is 23.6 Å². The summed E-state index contributed by atoms with van der Waals surface area (Å²) in [5, 5.41) is 8.80. The minimum Gasteiger partial charge on any atom is -0.369 e. The van der Waals surface area contributed by atoms with Gasteiger partial charge in [-0.05, 0) is 112 Å². The van der Waals surface area contributed by atoms with Crippen LogP contribution in [-0.4, -0.2) is 141 Å². The Balaban J connectivity index is 0.579. The van der Waals surface area contributed by atoms with Gasteiger partial charge in [0.25, 0.3) is 11.8 Å². The molecule has 11 rings (SSSR count). The number of hydrogen-bond donors (Lipinski definition) is 3. The van der Waals surface area contributed by atoms with Crippen molar-refractivity contribution in [2.45, 2.75) is 88.8 Å². The molecule has 73 heavy (non-hydrogen) atoms. The number of piperazine rings is 1. The van der Waals surface area contributed by atoms with Gasteiger partial charge in [0.15, 0.2) is 17.0 Å². The molecule has 0 spiro atoms. The van der Waals surface area contributed by atoms with Gasteiger partial charge in [-0.2, -0.15) is 0 Å². The number of nitrogens with zero attached hydrogens (tertiary/aromatic N) is 9. The zero-order valence-electron chi connectivity index (χ0n) is 40.9. The van der Waals surface area contributed by atoms with E-state index < -0.39 is 35.5 Å². The van der Waals surface area contributed by atoms with E-state index in [0.29, 0.717) is 49.6 Å². The minimum absolute atomic E-state index is 0.00434. The number of rotatable bonds is 14. The first kappa shape index (κ1) is 48.0. The number of halogens is 1. The van der Waals surface area contributed by atoms with Gasteiger partial charge in [0.05, 0.1) is 29.6 Å². The Morgan fingerprint density at radius 3 is 2.22 bits per heavy atom. The number of carbonyl (C=O) groups is 6. The maximum atomic E-state index is 15.5. The number of benzene rings is 3. The van der Waals surface area contributed by atoms with Gasteiger partial charge in [0, 0.05) is 88.2 Å². The number of imidazole rings is 1. The lowest BCUT2D eigenvalue weighted by Crippen LogP contribution is -2.54. The Kier molecular flexibility index (Phi) is 13.6. The van der Waals surface area contributed by atoms with Crippen LogP contribution in [0.25, 0.3) is 11.2 Å². The Labute approximate surface area is 422 Å². The van der Waals surface area contributed by atoms with Crippen molar-refractivity contribution in [1.82, 2.24) is 44.9 Å². The normalized spacial score (nSPS) is 22.1. The van der Waals surface area contributed by atoms with Crippen molar-refractivity contribution in [3.8, 4) is 0 Å². The zero-order chi connectivity index (χ0) is 50.2. The SMILES string of the molecule is O=C1CC[C@H](N2C(=O)c3cc(F)c(N4CCC(C(=O)N5CCC(CCCN6CCN(c7ccc(Nc8ncnc9c8ncn9C8CC(NC(=O)Cc9ccccc9)C8)cc7)CC6)CC5)CC4)cc3C2=O)C(=O)N1. The number of amides is 6. The number of hydrogen-bond acceptors (Lipinski definition) is 13. The molecular formula is C54H61FN12O6. The van der Waals surface area contributed by atoms with Crippen LogP contribution in [0.4, 0.5) is 27.3 Å². The van der Waals surface area contributed by atoms with Crippen molar-refractivity contribution in [2.75, 3.05) is 74.0 Å². The fraction of sp³-hybridized carbons (Fsp3) is 0.463. The third kappa shape index (κ3) is 10.1. The molecule has 0 unspecified atom stereocenters. The largest absolute Gasteiger partial charge is 0.369 e. The van der Waals surface area contributed by atoms with Crippen LogP contribution in [0.15, 0.2) is 79.4 Å². The number of piperidine rings is 3. The summed E-state index contributed by atoms with van der Waals surface area (Å²) in [6.45, 7) is 7.39. The van der Waals surface area contributed by atoms with E-state index in [1.807, 2.05) is 46.5 Å². The van der Waals surface area contributed by atoms with Crippen molar-refractivity contribution in [3.63, 3.8) is 0 Å². The van der Waals surface area contributed by atoms with E-state index in [0.717, 1.165) is 112 Å². The highest BCUT2D eigenvalue weighted by Crippen LogP contribution is 2.37. The van der Waals surface area contributed by atoms with E-state index in [-0.39, 0.29) is 59.5 Å². The van der Waals surface area contributed by atoms with Gasteiger partial charge >= 0.3 is 0 Å². The number of likely N-dealkylation sites (tertiary alicyclic amines) is 1. The van der Waals surface area contributed by atoms with Crippen LogP contribution in [-0.2, 0) is 25.6 Å². The molecule has 3 N–H and O–H groups in total. The molecule has 5 aliphatic heterocycles. The zero-order valence-corrected chi connectivity index (χ0v) is 40.9. The lowest BCUT2D eigenvalue weighted by atomic mass is 9.86. The van der Waals surface area contributed by atoms with Crippen molar-refractivity contribution >= 4 is 69.5 Å². The van der Waals surface area contributed by atoms with Gasteiger partial charge < -0.3 is 29.9 Å². The van der Waals surface area contributed by atoms with Crippen molar-refractivity contribution in [1.29, 1.82) is 0 Å². The van der Waals surface area contributed by atoms with E-state index >= 15 is 4.39 Å². The molecule has 380 valence electrons. The van der Waals surface area contributed by atoms with Gasteiger partial charge in [-0.15, -0.1) is 0 Å². The van der Waals surface area contributed by atoms with E-state index in [4.69, 9.17) is 4.98 Å². The predicted octanol–water partition coefficient (Wildman–Crippen LogP) is 5.23. The summed E-state index contributed by atoms with van der Waals surface area (Å²) in [5.74, 6) is -1.92. The molecule has 4 saturated heterocycles. The molecule has 19 heteroatoms. The summed E-state index contributed by atoms with van der Waals surface area (Å²) in [5.41, 5.74) is 4.76. The number of fused-ring (bicyclic) bond motifs is 2. The van der Waals surface area contributed by atoms with Crippen LogP contribution in [0.3, 0.4) is 0 Å². The van der Waals surface area contributed by atoms with E-state index in [1.54, 1.807) is 6.33 Å². The van der Waals surface area contributed by atoms with Crippen LogP contribution in [0.2, 0.25) is 0 Å². The molecular weight excluding hydrogens is 932 g/mol. The monoisotopic (exact) mass is 992 g/mol. The lowest BCUT2D eigenvalue weighted by molar-refractivity contribution is -0.138. The van der Waals surface area contributed by atoms with Crippen molar-refractivity contribution < 1.29 is 33.2 Å². The fourth-order valence-corrected chi connectivity index (χ4v) is 11.7. The highest BCUT2D eigenvalue weighted by Gasteiger charge is 2.46. The number of imide groups is 2. The smallest absolute Gasteiger partial charge is 0.262 e. The molecule has 2 aromatic heterocycles. The number of aromatic nitrogens is 4. The Hall–Kier alpha value is -7.28. The van der Waals surface area contributed by atoms with E-state index in [2.05, 4.69) is 64.6 Å². The van der Waals surface area contributed by atoms with Crippen LogP contribution in [0.1, 0.15) is 96.5 Å². The summed E-state index contributed by atoms with van der Waals surface area (Å²) in [7, 11) is 0. The molecule has 7 heterocycles. The van der Waals surface area contributed by atoms with Gasteiger partial charge in [-0.3, -0.25) is 43.9 Å². The number of anilines is 4. The standard InChI is InChI=1S/C54H61FN12O6/c55-43-30-41-42(54(73)67(53(41)72)44-12-13-46(68)61-51(44)70)31-45(43)64-21-16-36(17-22-64)52(71)65-19-14-34(15-20-65)7-4-18-62-23-25-63(26-24-62)39-10-8-37(9-11-39)60-49-48-50(57-32-56-49)66(33-58-48)40-28-38(29-40)59-47(69)27-35-5-2-1-3-6-35/h1-3,5-6,8-11,30-34,36,38,40,44H,4,7,12-29H2,(H,59,69)(H,56,57,60)(H,61,68,70)/t38?,40?,44-/m0/s1. The second-order valence-electron chi connectivity index (χ2n) is 20.6. The van der Waals surface area contributed by atoms with Gasteiger partial charge in [-0.25, -0.2) is 19.3 Å². The van der Waals surface area contributed by atoms with Crippen molar-refractivity contribution in [2.24, 2.45) is 11.8 Å². The van der Waals surface area contributed by atoms with Crippen LogP contribution >= 0.6 is 0 Å². The maximum absolute atomic E-state index is 15.5. The molecule has 5 aromatic rings. The van der Waals surface area contributed by atoms with Crippen molar-refractivity contribution in [3.05, 3.63) is 102 Å². The number of nitrogens with one attached hydrogen (secondary N) is 3. The first-order valence-electron chi connectivity index (χ1n) is 26.0. The molecule has 1 saturated carbocycles. The summed E-state index contributed by atoms with van der Waals surface area (Å²) in [4.78, 5) is 100. The second kappa shape index (κ2) is 20.7. The first-order valence-corrected chi connectivity index (χ1v) is 26.0. The Morgan fingerprint density at radius 2 is 1.49 bits per heavy atom. The summed E-state index contributed by atoms with van der Waals surface area (Å²) in [6.07, 6.45) is 10.9. The fourth-order valence-electron chi connectivity index (χ4n) is 11.7. The minimum atomic E-state index is -1.12. The highest BCUT2D eigenvalue weighted by molar-refractivity contribution is 6.23. The highest BCUT2D eigenvalue weighted by atomic mass is 19.1. The molecule has 18 nitrogen and oxygen atoms in total. The topological polar surface area (TPSA) is 198 Å². The summed E-state index contributed by atoms with van der Waals surface area (Å²) < 4.78 is 17.6. The molecule has 5 fully saturated rings. The molecule has 6 aliphatic rings. The van der Waals surface area contributed by atoms with Gasteiger partial charge in [-0.1, -0.05) is 30.3 Å². The lowest BCUT2D eigenvalue weighted by Gasteiger charge is -2.38. The molecule has 0 radical (unpaired) electrons. The average Bonchev–Trinajstić information content (AvgIpc) is 3.93. The summed E-state index contributed by atoms with van der Waals surface area (Å²) >= 11 is 0. The average molecular weight is 993 g/mol. The Bertz CT molecular complexity index is 2900. The molecule has 1 aliphatic carbocycles. The predicted molar refractivity (Wildman–Crippen MR) is 271 cm³/mol. The third-order valence-corrected chi connectivity index (χ3v) is 16.0.